The number of hydrogen-bond acceptors (Lipinski definition) is 2. The van der Waals surface area contributed by atoms with Crippen molar-refractivity contribution < 1.29 is 0 Å². The Hall–Kier alpha value is -6.22. The monoisotopic (exact) mass is 653 g/mol. The van der Waals surface area contributed by atoms with Crippen molar-refractivity contribution in [2.24, 2.45) is 0 Å². The fraction of sp³-hybridized carbons (Fsp3) is 0. The minimum Gasteiger partial charge on any atom is -0.310 e. The van der Waals surface area contributed by atoms with Gasteiger partial charge in [0.25, 0.3) is 0 Å². The Morgan fingerprint density at radius 3 is 1.84 bits per heavy atom. The Morgan fingerprint density at radius 1 is 0.340 bits per heavy atom. The lowest BCUT2D eigenvalue weighted by Crippen LogP contribution is -2.11. The number of thiophene rings is 1. The van der Waals surface area contributed by atoms with Crippen molar-refractivity contribution in [3.8, 4) is 22.3 Å². The summed E-state index contributed by atoms with van der Waals surface area (Å²) >= 11 is 1.87. The van der Waals surface area contributed by atoms with Gasteiger partial charge >= 0.3 is 0 Å². The normalized spacial score (nSPS) is 11.6. The van der Waals surface area contributed by atoms with Crippen LogP contribution in [0.4, 0.5) is 17.1 Å². The molecule has 0 saturated heterocycles. The Labute approximate surface area is 294 Å². The molecule has 2 heteroatoms. The highest BCUT2D eigenvalue weighted by Crippen LogP contribution is 2.46. The fourth-order valence-electron chi connectivity index (χ4n) is 7.73. The van der Waals surface area contributed by atoms with E-state index in [9.17, 15) is 0 Å². The third-order valence-electron chi connectivity index (χ3n) is 10.0. The SMILES string of the molecule is c1ccc(-c2ccc(N(c3cccc(-c4cccc5sc6ccccc6c45)c3)c3cc4ccc5ccccc5c4c4ccccc34)cc2)cc1. The molecular weight excluding hydrogens is 623 g/mol. The van der Waals surface area contributed by atoms with Crippen LogP contribution in [0.3, 0.4) is 0 Å². The highest BCUT2D eigenvalue weighted by Gasteiger charge is 2.20. The molecular formula is C48H31NS. The van der Waals surface area contributed by atoms with Crippen LogP contribution in [0.15, 0.2) is 188 Å². The van der Waals surface area contributed by atoms with Crippen molar-refractivity contribution in [1.82, 2.24) is 0 Å². The predicted molar refractivity (Wildman–Crippen MR) is 217 cm³/mol. The first kappa shape index (κ1) is 28.8. The topological polar surface area (TPSA) is 3.24 Å². The Balaban J connectivity index is 1.22. The number of nitrogens with zero attached hydrogens (tertiary/aromatic N) is 1. The van der Waals surface area contributed by atoms with Crippen LogP contribution in [0.25, 0.3) is 74.7 Å². The molecule has 0 unspecified atom stereocenters. The zero-order chi connectivity index (χ0) is 33.0. The molecule has 10 rings (SSSR count). The first-order chi connectivity index (χ1) is 24.8. The van der Waals surface area contributed by atoms with Gasteiger partial charge in [-0.05, 0) is 91.6 Å². The standard InChI is InChI=1S/C48H31NS/c1-2-12-32(13-3-1)33-26-28-37(29-27-33)49(44-31-36-25-24-34-14-4-5-17-39(34)47(36)42-19-7-6-18-41(42)44)38-16-10-15-35(30-38)40-21-11-23-46-48(40)43-20-8-9-22-45(43)50-46/h1-31H. The first-order valence-electron chi connectivity index (χ1n) is 17.1. The van der Waals surface area contributed by atoms with Gasteiger partial charge in [0.05, 0.1) is 5.69 Å². The van der Waals surface area contributed by atoms with Crippen molar-refractivity contribution >= 4 is 80.9 Å². The average molecular weight is 654 g/mol. The summed E-state index contributed by atoms with van der Waals surface area (Å²) in [7, 11) is 0. The van der Waals surface area contributed by atoms with E-state index in [4.69, 9.17) is 0 Å². The molecule has 0 atom stereocenters. The first-order valence-corrected chi connectivity index (χ1v) is 17.9. The summed E-state index contributed by atoms with van der Waals surface area (Å²) in [6.07, 6.45) is 0. The van der Waals surface area contributed by atoms with Gasteiger partial charge in [-0.1, -0.05) is 146 Å². The van der Waals surface area contributed by atoms with Crippen LogP contribution in [0.1, 0.15) is 0 Å². The smallest absolute Gasteiger partial charge is 0.0546 e. The number of rotatable bonds is 5. The molecule has 0 radical (unpaired) electrons. The number of fused-ring (bicyclic) bond motifs is 8. The van der Waals surface area contributed by atoms with Crippen LogP contribution in [0, 0.1) is 0 Å². The van der Waals surface area contributed by atoms with Gasteiger partial charge in [-0.25, -0.2) is 0 Å². The van der Waals surface area contributed by atoms with E-state index in [-0.39, 0.29) is 0 Å². The molecule has 9 aromatic carbocycles. The summed E-state index contributed by atoms with van der Waals surface area (Å²) in [6.45, 7) is 0. The van der Waals surface area contributed by atoms with Gasteiger partial charge in [0.15, 0.2) is 0 Å². The minimum absolute atomic E-state index is 1.12. The minimum atomic E-state index is 1.12. The van der Waals surface area contributed by atoms with Crippen LogP contribution >= 0.6 is 11.3 Å². The molecule has 0 bridgehead atoms. The second kappa shape index (κ2) is 11.7. The fourth-order valence-corrected chi connectivity index (χ4v) is 8.86. The zero-order valence-corrected chi connectivity index (χ0v) is 28.1. The van der Waals surface area contributed by atoms with E-state index in [1.807, 2.05) is 11.3 Å². The third kappa shape index (κ3) is 4.69. The number of hydrogen-bond donors (Lipinski definition) is 0. The number of anilines is 3. The van der Waals surface area contributed by atoms with Gasteiger partial charge in [-0.3, -0.25) is 0 Å². The molecule has 0 fully saturated rings. The summed E-state index contributed by atoms with van der Waals surface area (Å²) in [5, 5.41) is 10.2. The van der Waals surface area contributed by atoms with Gasteiger partial charge < -0.3 is 4.90 Å². The molecule has 234 valence electrons. The molecule has 1 aromatic heterocycles. The van der Waals surface area contributed by atoms with E-state index in [2.05, 4.69) is 193 Å². The van der Waals surface area contributed by atoms with Crippen molar-refractivity contribution in [1.29, 1.82) is 0 Å². The van der Waals surface area contributed by atoms with Crippen LogP contribution in [-0.4, -0.2) is 0 Å². The maximum absolute atomic E-state index is 2.45. The molecule has 0 saturated carbocycles. The van der Waals surface area contributed by atoms with Crippen molar-refractivity contribution in [2.45, 2.75) is 0 Å². The Morgan fingerprint density at radius 2 is 0.980 bits per heavy atom. The van der Waals surface area contributed by atoms with Crippen LogP contribution < -0.4 is 4.90 Å². The van der Waals surface area contributed by atoms with E-state index in [0.29, 0.717) is 0 Å². The number of benzene rings is 9. The largest absolute Gasteiger partial charge is 0.310 e. The summed E-state index contributed by atoms with van der Waals surface area (Å²) in [6, 6.07) is 68.7. The maximum atomic E-state index is 2.45. The van der Waals surface area contributed by atoms with E-state index >= 15 is 0 Å². The lowest BCUT2D eigenvalue weighted by Gasteiger charge is -2.28. The highest BCUT2D eigenvalue weighted by molar-refractivity contribution is 7.25. The van der Waals surface area contributed by atoms with E-state index < -0.39 is 0 Å². The van der Waals surface area contributed by atoms with Crippen LogP contribution in [0.2, 0.25) is 0 Å². The molecule has 1 nitrogen and oxygen atoms in total. The van der Waals surface area contributed by atoms with Crippen LogP contribution in [0.5, 0.6) is 0 Å². The second-order valence-corrected chi connectivity index (χ2v) is 14.0. The quantitative estimate of drug-likeness (QED) is 0.167. The predicted octanol–water partition coefficient (Wildman–Crippen LogP) is 14.3. The molecule has 50 heavy (non-hydrogen) atoms. The van der Waals surface area contributed by atoms with Gasteiger partial charge in [0.2, 0.25) is 0 Å². The third-order valence-corrected chi connectivity index (χ3v) is 11.2. The van der Waals surface area contributed by atoms with Crippen LogP contribution in [-0.2, 0) is 0 Å². The second-order valence-electron chi connectivity index (χ2n) is 12.9. The molecule has 1 heterocycles. The Bertz CT molecular complexity index is 2870. The lowest BCUT2D eigenvalue weighted by atomic mass is 9.94. The summed E-state index contributed by atoms with van der Waals surface area (Å²) < 4.78 is 2.64. The van der Waals surface area contributed by atoms with Gasteiger partial charge in [-0.2, -0.15) is 0 Å². The molecule has 0 aliphatic rings. The lowest BCUT2D eigenvalue weighted by molar-refractivity contribution is 1.30. The molecule has 0 amide bonds. The van der Waals surface area contributed by atoms with Gasteiger partial charge in [0.1, 0.15) is 0 Å². The van der Waals surface area contributed by atoms with E-state index in [1.54, 1.807) is 0 Å². The van der Waals surface area contributed by atoms with Crippen molar-refractivity contribution in [3.05, 3.63) is 188 Å². The zero-order valence-electron chi connectivity index (χ0n) is 27.3. The Kier molecular flexibility index (Phi) is 6.75. The molecule has 0 spiro atoms. The van der Waals surface area contributed by atoms with Gasteiger partial charge in [0, 0.05) is 36.9 Å². The van der Waals surface area contributed by atoms with Crippen molar-refractivity contribution in [2.75, 3.05) is 4.90 Å². The molecule has 0 aliphatic heterocycles. The molecule has 10 aromatic rings. The summed E-state index contributed by atoms with van der Waals surface area (Å²) in [5.74, 6) is 0. The average Bonchev–Trinajstić information content (AvgIpc) is 3.58. The molecule has 0 N–H and O–H groups in total. The maximum Gasteiger partial charge on any atom is 0.0546 e. The van der Waals surface area contributed by atoms with E-state index in [0.717, 1.165) is 17.1 Å². The summed E-state index contributed by atoms with van der Waals surface area (Å²) in [4.78, 5) is 2.45. The highest BCUT2D eigenvalue weighted by atomic mass is 32.1. The van der Waals surface area contributed by atoms with Gasteiger partial charge in [-0.15, -0.1) is 11.3 Å². The van der Waals surface area contributed by atoms with Crippen molar-refractivity contribution in [3.63, 3.8) is 0 Å². The molecule has 0 aliphatic carbocycles. The van der Waals surface area contributed by atoms with E-state index in [1.165, 1.54) is 74.7 Å². The summed E-state index contributed by atoms with van der Waals surface area (Å²) in [5.41, 5.74) is 8.28.